The molecule has 158 valence electrons. The summed E-state index contributed by atoms with van der Waals surface area (Å²) in [5.41, 5.74) is 3.29. The van der Waals surface area contributed by atoms with Gasteiger partial charge in [-0.3, -0.25) is 10.2 Å². The normalized spacial score (nSPS) is 30.3. The summed E-state index contributed by atoms with van der Waals surface area (Å²) in [6.45, 7) is 3.28. The molecule has 5 rings (SSSR count). The van der Waals surface area contributed by atoms with Gasteiger partial charge in [0.2, 0.25) is 5.91 Å². The van der Waals surface area contributed by atoms with E-state index in [2.05, 4.69) is 10.3 Å². The van der Waals surface area contributed by atoms with Gasteiger partial charge in [-0.2, -0.15) is 0 Å². The smallest absolute Gasteiger partial charge is 0.335 e. The van der Waals surface area contributed by atoms with Crippen molar-refractivity contribution in [2.24, 2.45) is 23.2 Å². The Morgan fingerprint density at radius 2 is 1.62 bits per heavy atom. The summed E-state index contributed by atoms with van der Waals surface area (Å²) in [4.78, 5) is 25.9. The van der Waals surface area contributed by atoms with E-state index in [1.54, 1.807) is 13.8 Å². The van der Waals surface area contributed by atoms with Crippen LogP contribution >= 0.6 is 0 Å². The molecule has 4 saturated carbocycles. The highest BCUT2D eigenvalue weighted by molar-refractivity contribution is 7.89. The molecule has 0 saturated heterocycles. The van der Waals surface area contributed by atoms with Crippen LogP contribution in [0.1, 0.15) is 66.4 Å². The number of carbonyl (C=O) groups excluding carboxylic acids is 1. The predicted octanol–water partition coefficient (Wildman–Crippen LogP) is 2.92. The van der Waals surface area contributed by atoms with Crippen LogP contribution in [-0.4, -0.2) is 25.4 Å². The van der Waals surface area contributed by atoms with E-state index >= 15 is 0 Å². The lowest BCUT2D eigenvalue weighted by Crippen LogP contribution is -2.50. The molecular weight excluding hydrogens is 392 g/mol. The molecule has 4 aliphatic rings. The van der Waals surface area contributed by atoms with Crippen molar-refractivity contribution in [3.05, 3.63) is 28.8 Å². The summed E-state index contributed by atoms with van der Waals surface area (Å²) in [5, 5.41) is 9.21. The lowest BCUT2D eigenvalue weighted by molar-refractivity contribution is -0.129. The molecule has 8 heteroatoms. The van der Waals surface area contributed by atoms with Crippen molar-refractivity contribution < 1.29 is 23.1 Å². The number of hydrogen-bond acceptors (Lipinski definition) is 4. The molecule has 0 spiro atoms. The summed E-state index contributed by atoms with van der Waals surface area (Å²) in [6.07, 6.45) is 7.39. The highest BCUT2D eigenvalue weighted by Gasteiger charge is 2.51. The van der Waals surface area contributed by atoms with Crippen molar-refractivity contribution in [1.82, 2.24) is 10.3 Å². The Morgan fingerprint density at radius 1 is 1.07 bits per heavy atom. The molecule has 0 aliphatic heterocycles. The highest BCUT2D eigenvalue weighted by Crippen LogP contribution is 2.61. The van der Waals surface area contributed by atoms with Crippen LogP contribution in [0.25, 0.3) is 0 Å². The van der Waals surface area contributed by atoms with Gasteiger partial charge < -0.3 is 5.11 Å². The molecule has 4 fully saturated rings. The van der Waals surface area contributed by atoms with Gasteiger partial charge in [0.25, 0.3) is 10.0 Å². The second-order valence-corrected chi connectivity index (χ2v) is 11.1. The molecule has 3 N–H and O–H groups in total. The Hall–Kier alpha value is -1.93. The number of carboxylic acids is 1. The van der Waals surface area contributed by atoms with E-state index in [-0.39, 0.29) is 21.8 Å². The van der Waals surface area contributed by atoms with Gasteiger partial charge in [0.1, 0.15) is 0 Å². The number of carboxylic acid groups (broad SMARTS) is 1. The van der Waals surface area contributed by atoms with Crippen LogP contribution in [0.4, 0.5) is 0 Å². The van der Waals surface area contributed by atoms with Gasteiger partial charge in [0, 0.05) is 6.42 Å². The second kappa shape index (κ2) is 7.09. The molecular formula is C21H28N2O5S. The molecule has 7 nitrogen and oxygen atoms in total. The molecule has 0 unspecified atom stereocenters. The average Bonchev–Trinajstić information content (AvgIpc) is 2.60. The fraction of sp³-hybridized carbons (Fsp3) is 0.619. The summed E-state index contributed by atoms with van der Waals surface area (Å²) >= 11 is 0. The van der Waals surface area contributed by atoms with Gasteiger partial charge >= 0.3 is 5.97 Å². The lowest BCUT2D eigenvalue weighted by Gasteiger charge is -2.56. The topological polar surface area (TPSA) is 113 Å². The minimum absolute atomic E-state index is 0.0139. The Bertz CT molecular complexity index is 934. The van der Waals surface area contributed by atoms with E-state index in [4.69, 9.17) is 0 Å². The highest BCUT2D eigenvalue weighted by atomic mass is 32.2. The Labute approximate surface area is 171 Å². The molecule has 0 atom stereocenters. The lowest BCUT2D eigenvalue weighted by atomic mass is 9.49. The zero-order chi connectivity index (χ0) is 21.0. The Kier molecular flexibility index (Phi) is 4.98. The van der Waals surface area contributed by atoms with Crippen molar-refractivity contribution in [3.8, 4) is 0 Å². The molecule has 0 heterocycles. The molecule has 1 amide bonds. The number of rotatable bonds is 6. The standard InChI is InChI=1S/C21H28N2O5S/c1-12-3-17(20(25)26)7-18(13(12)2)29(27,28)23-22-19(24)11-21-8-14-4-15(9-21)6-16(5-14)10-21/h3,7,14-16,23H,4-6,8-11H2,1-2H3,(H,22,24)(H,25,26). The first-order chi connectivity index (χ1) is 13.6. The predicted molar refractivity (Wildman–Crippen MR) is 107 cm³/mol. The molecule has 29 heavy (non-hydrogen) atoms. The third-order valence-corrected chi connectivity index (χ3v) is 8.56. The number of amides is 1. The molecule has 4 aliphatic carbocycles. The third kappa shape index (κ3) is 3.92. The summed E-state index contributed by atoms with van der Waals surface area (Å²) in [6, 6.07) is 2.56. The number of nitrogens with one attached hydrogen (secondary N) is 2. The van der Waals surface area contributed by atoms with Crippen LogP contribution in [-0.2, 0) is 14.8 Å². The number of carbonyl (C=O) groups is 2. The van der Waals surface area contributed by atoms with Gasteiger partial charge in [-0.15, -0.1) is 4.83 Å². The van der Waals surface area contributed by atoms with Crippen molar-refractivity contribution in [2.75, 3.05) is 0 Å². The number of aromatic carboxylic acids is 1. The molecule has 0 radical (unpaired) electrons. The number of sulfonamides is 1. The summed E-state index contributed by atoms with van der Waals surface area (Å²) in [7, 11) is -4.08. The largest absolute Gasteiger partial charge is 0.478 e. The zero-order valence-electron chi connectivity index (χ0n) is 16.8. The Balaban J connectivity index is 1.45. The summed E-state index contributed by atoms with van der Waals surface area (Å²) in [5.74, 6) is 0.634. The maximum atomic E-state index is 12.7. The van der Waals surface area contributed by atoms with Crippen molar-refractivity contribution in [2.45, 2.75) is 63.7 Å². The molecule has 4 bridgehead atoms. The van der Waals surface area contributed by atoms with E-state index in [9.17, 15) is 23.1 Å². The monoisotopic (exact) mass is 420 g/mol. The number of aryl methyl sites for hydroxylation is 1. The first-order valence-electron chi connectivity index (χ1n) is 10.2. The molecule has 0 aromatic heterocycles. The average molecular weight is 421 g/mol. The fourth-order valence-electron chi connectivity index (χ4n) is 6.30. The maximum absolute atomic E-state index is 12.7. The van der Waals surface area contributed by atoms with E-state index in [1.165, 1.54) is 25.3 Å². The minimum Gasteiger partial charge on any atom is -0.478 e. The van der Waals surface area contributed by atoms with E-state index < -0.39 is 16.0 Å². The quantitative estimate of drug-likeness (QED) is 0.613. The SMILES string of the molecule is Cc1cc(C(=O)O)cc(S(=O)(=O)NNC(=O)CC23CC4CC(CC(C4)C2)C3)c1C. The van der Waals surface area contributed by atoms with E-state index in [0.717, 1.165) is 43.1 Å². The second-order valence-electron chi connectivity index (χ2n) is 9.47. The van der Waals surface area contributed by atoms with Gasteiger partial charge in [0.05, 0.1) is 10.5 Å². The molecule has 1 aromatic rings. The number of hydrogen-bond donors (Lipinski definition) is 3. The van der Waals surface area contributed by atoms with Crippen molar-refractivity contribution in [3.63, 3.8) is 0 Å². The summed E-state index contributed by atoms with van der Waals surface area (Å²) < 4.78 is 25.5. The minimum atomic E-state index is -4.08. The Morgan fingerprint density at radius 3 is 2.14 bits per heavy atom. The van der Waals surface area contributed by atoms with Crippen molar-refractivity contribution >= 4 is 21.9 Å². The van der Waals surface area contributed by atoms with Gasteiger partial charge in [-0.25, -0.2) is 13.2 Å². The molecule has 1 aromatic carbocycles. The van der Waals surface area contributed by atoms with Crippen LogP contribution in [0.2, 0.25) is 0 Å². The van der Waals surface area contributed by atoms with Crippen LogP contribution in [0.5, 0.6) is 0 Å². The van der Waals surface area contributed by atoms with Gasteiger partial charge in [0.15, 0.2) is 0 Å². The number of benzene rings is 1. The van der Waals surface area contributed by atoms with Gasteiger partial charge in [-0.05, 0) is 98.8 Å². The first kappa shape index (κ1) is 20.3. The van der Waals surface area contributed by atoms with Crippen LogP contribution in [0.3, 0.4) is 0 Å². The van der Waals surface area contributed by atoms with Crippen LogP contribution < -0.4 is 10.3 Å². The van der Waals surface area contributed by atoms with Crippen LogP contribution in [0, 0.1) is 37.0 Å². The van der Waals surface area contributed by atoms with Crippen molar-refractivity contribution in [1.29, 1.82) is 0 Å². The fourth-order valence-corrected chi connectivity index (χ4v) is 7.50. The van der Waals surface area contributed by atoms with Gasteiger partial charge in [-0.1, -0.05) is 0 Å². The third-order valence-electron chi connectivity index (χ3n) is 7.18. The van der Waals surface area contributed by atoms with E-state index in [0.29, 0.717) is 17.5 Å². The van der Waals surface area contributed by atoms with E-state index in [1.807, 2.05) is 0 Å². The zero-order valence-corrected chi connectivity index (χ0v) is 17.6. The first-order valence-corrected chi connectivity index (χ1v) is 11.7. The van der Waals surface area contributed by atoms with Crippen LogP contribution in [0.15, 0.2) is 17.0 Å². The maximum Gasteiger partial charge on any atom is 0.335 e. The number of hydrazine groups is 1.